The maximum Gasteiger partial charge on any atom is 0.261 e. The van der Waals surface area contributed by atoms with Crippen molar-refractivity contribution in [2.45, 2.75) is 47.1 Å². The number of benzene rings is 1. The van der Waals surface area contributed by atoms with Crippen molar-refractivity contribution in [1.29, 1.82) is 0 Å². The number of fused-ring (bicyclic) bond motifs is 1. The molecule has 1 aliphatic rings. The van der Waals surface area contributed by atoms with Gasteiger partial charge in [-0.1, -0.05) is 32.0 Å². The summed E-state index contributed by atoms with van der Waals surface area (Å²) < 4.78 is 5.86. The first-order valence-corrected chi connectivity index (χ1v) is 10.9. The van der Waals surface area contributed by atoms with E-state index in [0.717, 1.165) is 22.4 Å². The zero-order valence-electron chi connectivity index (χ0n) is 19.2. The summed E-state index contributed by atoms with van der Waals surface area (Å²) in [6.45, 7) is 8.12. The molecule has 2 heterocycles. The van der Waals surface area contributed by atoms with Crippen LogP contribution in [0.4, 0.5) is 0 Å². The third kappa shape index (κ3) is 5.03. The molecule has 0 spiro atoms. The van der Waals surface area contributed by atoms with Crippen LogP contribution in [0.25, 0.3) is 0 Å². The average molecular weight is 446 g/mol. The summed E-state index contributed by atoms with van der Waals surface area (Å²) in [7, 11) is 0. The van der Waals surface area contributed by atoms with Gasteiger partial charge in [-0.15, -0.1) is 0 Å². The second-order valence-electron chi connectivity index (χ2n) is 9.40. The normalized spacial score (nSPS) is 14.5. The second kappa shape index (κ2) is 8.65. The highest BCUT2D eigenvalue weighted by Crippen LogP contribution is 2.33. The largest absolute Gasteiger partial charge is 0.439 e. The van der Waals surface area contributed by atoms with Crippen LogP contribution in [0.3, 0.4) is 0 Å². The summed E-state index contributed by atoms with van der Waals surface area (Å²) in [6.07, 6.45) is 2.59. The van der Waals surface area contributed by atoms with Gasteiger partial charge in [0.1, 0.15) is 11.3 Å². The van der Waals surface area contributed by atoms with Gasteiger partial charge in [0.25, 0.3) is 11.5 Å². The van der Waals surface area contributed by atoms with Crippen molar-refractivity contribution in [2.75, 3.05) is 0 Å². The minimum Gasteiger partial charge on any atom is -0.439 e. The van der Waals surface area contributed by atoms with Gasteiger partial charge in [-0.3, -0.25) is 14.4 Å². The number of carbonyl (C=O) groups is 2. The molecule has 0 fully saturated rings. The van der Waals surface area contributed by atoms with Gasteiger partial charge in [-0.2, -0.15) is 0 Å². The number of aromatic nitrogens is 2. The summed E-state index contributed by atoms with van der Waals surface area (Å²) in [4.78, 5) is 44.7. The zero-order chi connectivity index (χ0) is 23.8. The van der Waals surface area contributed by atoms with Crippen molar-refractivity contribution < 1.29 is 14.3 Å². The van der Waals surface area contributed by atoms with Crippen molar-refractivity contribution in [2.24, 2.45) is 5.41 Å². The van der Waals surface area contributed by atoms with Crippen LogP contribution in [0.5, 0.6) is 11.6 Å². The van der Waals surface area contributed by atoms with Crippen LogP contribution in [0.2, 0.25) is 0 Å². The van der Waals surface area contributed by atoms with E-state index in [1.807, 2.05) is 45.9 Å². The molecule has 33 heavy (non-hydrogen) atoms. The first kappa shape index (κ1) is 22.5. The van der Waals surface area contributed by atoms with E-state index in [1.165, 1.54) is 6.07 Å². The monoisotopic (exact) mass is 445 g/mol. The highest BCUT2D eigenvalue weighted by Gasteiger charge is 2.32. The van der Waals surface area contributed by atoms with Gasteiger partial charge in [0.2, 0.25) is 5.88 Å². The molecule has 4 rings (SSSR count). The molecular formula is C26H27N3O4. The molecule has 3 aromatic rings. The number of aryl methyl sites for hydroxylation is 2. The SMILES string of the molecule is Cc1ccc(C)c(Oc2ccc(CNC(=O)c3cc4c([nH]c3=O)CC(C)(C)CC4=O)cn2)c1. The lowest BCUT2D eigenvalue weighted by molar-refractivity contribution is 0.0910. The van der Waals surface area contributed by atoms with E-state index >= 15 is 0 Å². The second-order valence-corrected chi connectivity index (χ2v) is 9.40. The van der Waals surface area contributed by atoms with Gasteiger partial charge in [0.05, 0.1) is 0 Å². The quantitative estimate of drug-likeness (QED) is 0.611. The molecule has 1 aromatic carbocycles. The molecular weight excluding hydrogens is 418 g/mol. The first-order valence-electron chi connectivity index (χ1n) is 10.9. The number of aromatic amines is 1. The van der Waals surface area contributed by atoms with Gasteiger partial charge >= 0.3 is 0 Å². The van der Waals surface area contributed by atoms with Gasteiger partial charge in [-0.05, 0) is 54.5 Å². The number of ketones is 1. The van der Waals surface area contributed by atoms with Crippen LogP contribution in [0.1, 0.15) is 63.4 Å². The van der Waals surface area contributed by atoms with E-state index in [9.17, 15) is 14.4 Å². The highest BCUT2D eigenvalue weighted by molar-refractivity contribution is 6.02. The molecule has 0 aliphatic heterocycles. The van der Waals surface area contributed by atoms with Crippen molar-refractivity contribution in [3.63, 3.8) is 0 Å². The number of ether oxygens (including phenoxy) is 1. The fraction of sp³-hybridized carbons (Fsp3) is 0.308. The van der Waals surface area contributed by atoms with E-state index in [-0.39, 0.29) is 23.3 Å². The lowest BCUT2D eigenvalue weighted by Crippen LogP contribution is -2.34. The van der Waals surface area contributed by atoms with E-state index in [0.29, 0.717) is 30.0 Å². The summed E-state index contributed by atoms with van der Waals surface area (Å²) in [5.74, 6) is 0.599. The standard InChI is InChI=1S/C26H27N3O4/c1-15-5-6-16(2)22(9-15)33-23-8-7-17(13-27-23)14-28-24(31)19-10-18-20(29-25(19)32)11-26(3,4)12-21(18)30/h5-10,13H,11-12,14H2,1-4H3,(H,28,31)(H,29,32). The van der Waals surface area contributed by atoms with Gasteiger partial charge in [-0.25, -0.2) is 4.98 Å². The molecule has 0 bridgehead atoms. The van der Waals surface area contributed by atoms with Crippen LogP contribution in [-0.2, 0) is 13.0 Å². The molecule has 7 heteroatoms. The Morgan fingerprint density at radius 2 is 1.91 bits per heavy atom. The third-order valence-corrected chi connectivity index (χ3v) is 5.77. The molecule has 1 amide bonds. The molecule has 0 saturated carbocycles. The minimum atomic E-state index is -0.535. The number of hydrogen-bond donors (Lipinski definition) is 2. The number of Topliss-reactive ketones (excluding diaryl/α,β-unsaturated/α-hetero) is 1. The molecule has 170 valence electrons. The van der Waals surface area contributed by atoms with E-state index in [2.05, 4.69) is 15.3 Å². The molecule has 2 aromatic heterocycles. The van der Waals surface area contributed by atoms with Crippen molar-refractivity contribution in [3.05, 3.63) is 86.5 Å². The van der Waals surface area contributed by atoms with Crippen LogP contribution < -0.4 is 15.6 Å². The zero-order valence-corrected chi connectivity index (χ0v) is 19.2. The fourth-order valence-electron chi connectivity index (χ4n) is 3.98. The van der Waals surface area contributed by atoms with Gasteiger partial charge in [0.15, 0.2) is 5.78 Å². The van der Waals surface area contributed by atoms with Gasteiger partial charge < -0.3 is 15.0 Å². The maximum absolute atomic E-state index is 12.6. The lowest BCUT2D eigenvalue weighted by atomic mass is 9.75. The van der Waals surface area contributed by atoms with Crippen molar-refractivity contribution in [3.8, 4) is 11.6 Å². The molecule has 7 nitrogen and oxygen atoms in total. The number of rotatable bonds is 5. The predicted molar refractivity (Wildman–Crippen MR) is 125 cm³/mol. The molecule has 2 N–H and O–H groups in total. The third-order valence-electron chi connectivity index (χ3n) is 5.77. The summed E-state index contributed by atoms with van der Waals surface area (Å²) in [5.41, 5.74) is 3.11. The Morgan fingerprint density at radius 1 is 1.12 bits per heavy atom. The first-order chi connectivity index (χ1) is 15.6. The smallest absolute Gasteiger partial charge is 0.261 e. The molecule has 1 aliphatic carbocycles. The topological polar surface area (TPSA) is 101 Å². The fourth-order valence-corrected chi connectivity index (χ4v) is 3.98. The van der Waals surface area contributed by atoms with Crippen LogP contribution in [0.15, 0.2) is 47.4 Å². The molecule has 0 saturated heterocycles. The lowest BCUT2D eigenvalue weighted by Gasteiger charge is -2.29. The van der Waals surface area contributed by atoms with Crippen LogP contribution >= 0.6 is 0 Å². The summed E-state index contributed by atoms with van der Waals surface area (Å²) in [6, 6.07) is 10.9. The van der Waals surface area contributed by atoms with E-state index in [1.54, 1.807) is 18.3 Å². The highest BCUT2D eigenvalue weighted by atomic mass is 16.5. The number of nitrogens with zero attached hydrogens (tertiary/aromatic N) is 1. The summed E-state index contributed by atoms with van der Waals surface area (Å²) in [5, 5.41) is 2.73. The number of hydrogen-bond acceptors (Lipinski definition) is 5. The molecule has 0 unspecified atom stereocenters. The Balaban J connectivity index is 1.43. The predicted octanol–water partition coefficient (Wildman–Crippen LogP) is 4.26. The Hall–Kier alpha value is -3.74. The number of amides is 1. The summed E-state index contributed by atoms with van der Waals surface area (Å²) >= 11 is 0. The number of carbonyl (C=O) groups excluding carboxylic acids is 2. The van der Waals surface area contributed by atoms with Crippen LogP contribution in [0, 0.1) is 19.3 Å². The Morgan fingerprint density at radius 3 is 2.64 bits per heavy atom. The molecule has 0 radical (unpaired) electrons. The Kier molecular flexibility index (Phi) is 5.89. The molecule has 0 atom stereocenters. The van der Waals surface area contributed by atoms with E-state index in [4.69, 9.17) is 4.74 Å². The number of H-pyrrole nitrogens is 1. The Labute approximate surface area is 192 Å². The van der Waals surface area contributed by atoms with E-state index < -0.39 is 11.5 Å². The Bertz CT molecular complexity index is 1290. The van der Waals surface area contributed by atoms with Crippen LogP contribution in [-0.4, -0.2) is 21.7 Å². The van der Waals surface area contributed by atoms with Crippen molar-refractivity contribution >= 4 is 11.7 Å². The van der Waals surface area contributed by atoms with Gasteiger partial charge in [0, 0.05) is 36.5 Å². The number of nitrogens with one attached hydrogen (secondary N) is 2. The minimum absolute atomic E-state index is 0.0600. The maximum atomic E-state index is 12.6. The number of pyridine rings is 2. The average Bonchev–Trinajstić information content (AvgIpc) is 2.74. The van der Waals surface area contributed by atoms with Crippen molar-refractivity contribution in [1.82, 2.24) is 15.3 Å².